The number of carboxylic acid groups (broad SMARTS) is 1. The summed E-state index contributed by atoms with van der Waals surface area (Å²) >= 11 is 12.2. The Morgan fingerprint density at radius 1 is 1.33 bits per heavy atom. The second-order valence-electron chi connectivity index (χ2n) is 2.85. The van der Waals surface area contributed by atoms with Crippen molar-refractivity contribution < 1.29 is 52.4 Å². The van der Waals surface area contributed by atoms with Crippen LogP contribution in [0, 0.1) is 0 Å². The van der Waals surface area contributed by atoms with Crippen molar-refractivity contribution in [3.05, 3.63) is 22.2 Å². The molecule has 1 N–H and O–H groups in total. The quantitative estimate of drug-likeness (QED) is 0.433. The first-order chi connectivity index (χ1) is 7.71. The summed E-state index contributed by atoms with van der Waals surface area (Å²) in [4.78, 5) is 10.0. The van der Waals surface area contributed by atoms with Crippen LogP contribution in [0.2, 0.25) is 10.0 Å². The van der Waals surface area contributed by atoms with Gasteiger partial charge in [-0.3, -0.25) is 4.79 Å². The monoisotopic (exact) mass is 338 g/mol. The van der Waals surface area contributed by atoms with Gasteiger partial charge in [-0.2, -0.15) is 0 Å². The number of hydrogen-bond donors (Lipinski definition) is 1. The summed E-state index contributed by atoms with van der Waals surface area (Å²) in [5, 5.41) is 8.16. The van der Waals surface area contributed by atoms with Crippen LogP contribution in [0.4, 0.5) is 0 Å². The molecule has 10 heteroatoms. The van der Waals surface area contributed by atoms with Gasteiger partial charge in [-0.05, 0) is 12.1 Å². The number of aliphatic carboxylic acids is 1. The Hall–Kier alpha value is 0.530. The first-order valence-corrected chi connectivity index (χ1v) is 7.16. The Labute approximate surface area is 140 Å². The minimum absolute atomic E-state index is 0. The number of carboxylic acids is 1. The molecule has 0 bridgehead atoms. The van der Waals surface area contributed by atoms with E-state index in [4.69, 9.17) is 28.3 Å². The van der Waals surface area contributed by atoms with Gasteiger partial charge >= 0.3 is 35.5 Å². The van der Waals surface area contributed by atoms with Crippen molar-refractivity contribution in [1.29, 1.82) is 0 Å². The Morgan fingerprint density at radius 3 is 2.33 bits per heavy atom. The molecule has 5 nitrogen and oxygen atoms in total. The van der Waals surface area contributed by atoms with Crippen LogP contribution in [0.3, 0.4) is 0 Å². The van der Waals surface area contributed by atoms with Crippen LogP contribution in [-0.4, -0.2) is 29.8 Å². The number of halogens is 2. The topological polar surface area (TPSA) is 94.5 Å². The molecule has 0 radical (unpaired) electrons. The molecule has 0 aliphatic rings. The van der Waals surface area contributed by atoms with E-state index in [1.165, 1.54) is 0 Å². The minimum atomic E-state index is -4.70. The maximum Gasteiger partial charge on any atom is 1.00 e. The second-order valence-corrected chi connectivity index (χ2v) is 6.03. The Kier molecular flexibility index (Phi) is 7.57. The van der Waals surface area contributed by atoms with E-state index in [-0.39, 0.29) is 45.4 Å². The number of hydrogen-bond acceptors (Lipinski definition) is 5. The van der Waals surface area contributed by atoms with E-state index >= 15 is 0 Å². The molecule has 0 atom stereocenters. The van der Waals surface area contributed by atoms with Gasteiger partial charge in [0.25, 0.3) is 0 Å². The van der Waals surface area contributed by atoms with Gasteiger partial charge in [0.2, 0.25) is 0 Å². The molecule has 0 spiro atoms. The van der Waals surface area contributed by atoms with Crippen molar-refractivity contribution >= 4 is 51.1 Å². The molecule has 0 saturated heterocycles. The third-order valence-corrected chi connectivity index (χ3v) is 4.37. The Balaban J connectivity index is 0.00000289. The standard InChI is InChI=1S/C8H6Cl2O5S2.Na/c9-4-2-7(17(13,14)15)5(10)1-6(4)16-3-8(11)12;/h1-2H,3H2,(H,11,12)(H,13,14,15);/q;+1/p-1. The van der Waals surface area contributed by atoms with Gasteiger partial charge in [-0.25, -0.2) is 8.42 Å². The number of carbonyl (C=O) groups is 1. The van der Waals surface area contributed by atoms with Crippen LogP contribution in [0.25, 0.3) is 0 Å². The average molecular weight is 339 g/mol. The maximum absolute atomic E-state index is 10.8. The molecule has 0 heterocycles. The molecule has 1 rings (SSSR count). The van der Waals surface area contributed by atoms with Gasteiger partial charge in [0.15, 0.2) is 0 Å². The predicted molar refractivity (Wildman–Crippen MR) is 62.8 cm³/mol. The molecular formula is C8H5Cl2NaO5S2. The van der Waals surface area contributed by atoms with E-state index in [1.54, 1.807) is 0 Å². The Morgan fingerprint density at radius 2 is 1.89 bits per heavy atom. The zero-order valence-corrected chi connectivity index (χ0v) is 14.2. The maximum atomic E-state index is 10.8. The van der Waals surface area contributed by atoms with E-state index < -0.39 is 21.0 Å². The van der Waals surface area contributed by atoms with Gasteiger partial charge < -0.3 is 9.66 Å². The molecule has 0 aliphatic heterocycles. The van der Waals surface area contributed by atoms with E-state index in [9.17, 15) is 17.8 Å². The molecular weight excluding hydrogens is 334 g/mol. The molecule has 0 aliphatic carbocycles. The molecule has 0 saturated carbocycles. The predicted octanol–water partition coefficient (Wildman–Crippen LogP) is -0.922. The molecule has 0 fully saturated rings. The van der Waals surface area contributed by atoms with Crippen LogP contribution >= 0.6 is 35.0 Å². The van der Waals surface area contributed by atoms with Crippen molar-refractivity contribution in [1.82, 2.24) is 0 Å². The van der Waals surface area contributed by atoms with Gasteiger partial charge in [0.1, 0.15) is 10.1 Å². The summed E-state index contributed by atoms with van der Waals surface area (Å²) in [5.41, 5.74) is 0. The van der Waals surface area contributed by atoms with Crippen LogP contribution in [0.5, 0.6) is 0 Å². The van der Waals surface area contributed by atoms with Gasteiger partial charge in [0, 0.05) is 4.90 Å². The van der Waals surface area contributed by atoms with Crippen LogP contribution < -0.4 is 29.6 Å². The number of thioether (sulfide) groups is 1. The van der Waals surface area contributed by atoms with E-state index in [0.29, 0.717) is 4.90 Å². The zero-order chi connectivity index (χ0) is 13.2. The normalized spacial score (nSPS) is 10.8. The van der Waals surface area contributed by atoms with E-state index in [0.717, 1.165) is 23.9 Å². The summed E-state index contributed by atoms with van der Waals surface area (Å²) in [6, 6.07) is 2.07. The fraction of sp³-hybridized carbons (Fsp3) is 0.125. The van der Waals surface area contributed by atoms with Gasteiger partial charge in [-0.15, -0.1) is 11.8 Å². The minimum Gasteiger partial charge on any atom is -0.744 e. The summed E-state index contributed by atoms with van der Waals surface area (Å²) in [6.07, 6.45) is 0. The summed E-state index contributed by atoms with van der Waals surface area (Å²) in [7, 11) is -4.70. The molecule has 0 unspecified atom stereocenters. The van der Waals surface area contributed by atoms with E-state index in [1.807, 2.05) is 0 Å². The largest absolute Gasteiger partial charge is 1.00 e. The molecule has 1 aromatic rings. The molecule has 0 amide bonds. The van der Waals surface area contributed by atoms with E-state index in [2.05, 4.69) is 0 Å². The second kappa shape index (κ2) is 7.35. The third kappa shape index (κ3) is 5.26. The molecule has 18 heavy (non-hydrogen) atoms. The SMILES string of the molecule is O=C(O)CSc1cc(Cl)c(S(=O)(=O)[O-])cc1Cl.[Na+]. The smallest absolute Gasteiger partial charge is 0.744 e. The first-order valence-electron chi connectivity index (χ1n) is 4.01. The summed E-state index contributed by atoms with van der Waals surface area (Å²) in [5.74, 6) is -1.30. The third-order valence-electron chi connectivity index (χ3n) is 1.61. The van der Waals surface area contributed by atoms with Gasteiger partial charge in [-0.1, -0.05) is 23.2 Å². The van der Waals surface area contributed by atoms with Crippen molar-refractivity contribution in [3.63, 3.8) is 0 Å². The summed E-state index contributed by atoms with van der Waals surface area (Å²) in [6.45, 7) is 0. The van der Waals surface area contributed by atoms with Crippen LogP contribution in [0.15, 0.2) is 21.9 Å². The van der Waals surface area contributed by atoms with Crippen molar-refractivity contribution in [2.75, 3.05) is 5.75 Å². The van der Waals surface area contributed by atoms with Gasteiger partial charge in [0.05, 0.1) is 20.7 Å². The summed E-state index contributed by atoms with van der Waals surface area (Å²) < 4.78 is 32.4. The average Bonchev–Trinajstić information content (AvgIpc) is 2.17. The Bertz CT molecular complexity index is 561. The van der Waals surface area contributed by atoms with Crippen molar-refractivity contribution in [2.24, 2.45) is 0 Å². The number of rotatable bonds is 4. The van der Waals surface area contributed by atoms with Crippen molar-refractivity contribution in [2.45, 2.75) is 9.79 Å². The fourth-order valence-electron chi connectivity index (χ4n) is 0.952. The van der Waals surface area contributed by atoms with Crippen LogP contribution in [0.1, 0.15) is 0 Å². The number of benzene rings is 1. The molecule has 0 aromatic heterocycles. The fourth-order valence-corrected chi connectivity index (χ4v) is 3.09. The first kappa shape index (κ1) is 18.5. The molecule has 94 valence electrons. The zero-order valence-electron chi connectivity index (χ0n) is 9.01. The molecule has 1 aromatic carbocycles. The van der Waals surface area contributed by atoms with Crippen molar-refractivity contribution in [3.8, 4) is 0 Å². The van der Waals surface area contributed by atoms with Crippen LogP contribution in [-0.2, 0) is 14.9 Å².